The Morgan fingerprint density at radius 1 is 0.977 bits per heavy atom. The zero-order valence-corrected chi connectivity index (χ0v) is 24.8. The van der Waals surface area contributed by atoms with E-state index in [1.54, 1.807) is 29.6 Å². The molecule has 1 aromatic carbocycles. The molecular weight excluding hydrogens is 547 g/mol. The van der Waals surface area contributed by atoms with Crippen LogP contribution in [0.4, 0.5) is 39.0 Å². The number of hydrogen-bond donors (Lipinski definition) is 2. The highest BCUT2D eigenvalue weighted by atomic mass is 19.1. The molecule has 1 saturated carbocycles. The van der Waals surface area contributed by atoms with E-state index in [9.17, 15) is 9.18 Å². The van der Waals surface area contributed by atoms with E-state index in [0.29, 0.717) is 45.6 Å². The molecular formula is C31H37FN10O. The number of aromatic nitrogens is 5. The number of nitrogens with one attached hydrogen (secondary N) is 2. The van der Waals surface area contributed by atoms with Crippen molar-refractivity contribution < 1.29 is 9.18 Å². The van der Waals surface area contributed by atoms with E-state index in [-0.39, 0.29) is 11.9 Å². The average molecular weight is 585 g/mol. The molecule has 1 amide bonds. The van der Waals surface area contributed by atoms with Gasteiger partial charge in [-0.1, -0.05) is 6.92 Å². The fourth-order valence-electron chi connectivity index (χ4n) is 6.61. The number of amides is 1. The molecule has 7 rings (SSSR count). The summed E-state index contributed by atoms with van der Waals surface area (Å²) in [4.78, 5) is 36.8. The molecule has 0 spiro atoms. The number of nitrogens with zero attached hydrogens (tertiary/aromatic N) is 8. The third-order valence-electron chi connectivity index (χ3n) is 9.18. The molecule has 3 aromatic heterocycles. The number of likely N-dealkylation sites (N-methyl/N-ethyl adjacent to an activating group) is 1. The second-order valence-corrected chi connectivity index (χ2v) is 12.2. The van der Waals surface area contributed by atoms with E-state index in [0.717, 1.165) is 57.7 Å². The van der Waals surface area contributed by atoms with E-state index in [1.807, 2.05) is 19.1 Å². The number of rotatable bonds is 5. The summed E-state index contributed by atoms with van der Waals surface area (Å²) in [6.45, 7) is 8.06. The van der Waals surface area contributed by atoms with Gasteiger partial charge in [0.25, 0.3) is 5.91 Å². The predicted molar refractivity (Wildman–Crippen MR) is 166 cm³/mol. The van der Waals surface area contributed by atoms with Gasteiger partial charge in [-0.2, -0.15) is 10.1 Å². The first-order valence-corrected chi connectivity index (χ1v) is 15.1. The van der Waals surface area contributed by atoms with Crippen LogP contribution in [-0.4, -0.2) is 81.3 Å². The van der Waals surface area contributed by atoms with Crippen molar-refractivity contribution in [1.29, 1.82) is 0 Å². The molecule has 2 aliphatic heterocycles. The molecule has 0 bridgehead atoms. The Kier molecular flexibility index (Phi) is 7.08. The zero-order chi connectivity index (χ0) is 29.7. The second kappa shape index (κ2) is 11.1. The lowest BCUT2D eigenvalue weighted by atomic mass is 9.85. The molecule has 1 aliphatic carbocycles. The van der Waals surface area contributed by atoms with Gasteiger partial charge in [0.05, 0.1) is 24.3 Å². The van der Waals surface area contributed by atoms with Crippen LogP contribution in [0.2, 0.25) is 0 Å². The molecule has 5 heterocycles. The van der Waals surface area contributed by atoms with Crippen molar-refractivity contribution in [2.75, 3.05) is 53.2 Å². The van der Waals surface area contributed by atoms with Gasteiger partial charge in [-0.3, -0.25) is 14.8 Å². The maximum Gasteiger partial charge on any atom is 0.254 e. The molecule has 43 heavy (non-hydrogen) atoms. The zero-order valence-electron chi connectivity index (χ0n) is 24.8. The minimum Gasteiger partial charge on any atom is -0.354 e. The fraction of sp³-hybridized carbons (Fsp3) is 0.452. The number of piperazine rings is 1. The Morgan fingerprint density at radius 2 is 1.77 bits per heavy atom. The first-order valence-electron chi connectivity index (χ1n) is 15.1. The number of halogens is 1. The number of pyridine rings is 1. The van der Waals surface area contributed by atoms with Gasteiger partial charge < -0.3 is 20.0 Å². The summed E-state index contributed by atoms with van der Waals surface area (Å²) >= 11 is 0. The molecule has 4 aromatic rings. The standard InChI is InChI=1S/C31H37FN10O/c1-19-4-6-23(7-5-19)41-20(2)30(43)42(24-8-9-27(33-17-24)40-12-10-39(3)11-13-40)26-18-34-31(37-29(26)41)36-22-14-21-16-35-38-28(21)25(32)15-22/h8-9,14-20,23H,4-7,10-13H2,1-3H3,(H,35,38)(H,34,36,37)/t19-,20-,23-/m1/s1. The minimum atomic E-state index is -0.425. The summed E-state index contributed by atoms with van der Waals surface area (Å²) < 4.78 is 14.7. The molecule has 0 unspecified atom stereocenters. The van der Waals surface area contributed by atoms with Crippen molar-refractivity contribution >= 4 is 51.5 Å². The largest absolute Gasteiger partial charge is 0.354 e. The van der Waals surface area contributed by atoms with Crippen LogP contribution >= 0.6 is 0 Å². The van der Waals surface area contributed by atoms with Crippen LogP contribution in [-0.2, 0) is 4.79 Å². The number of carbonyl (C=O) groups is 1. The number of carbonyl (C=O) groups excluding carboxylic acids is 1. The summed E-state index contributed by atoms with van der Waals surface area (Å²) in [5.74, 6) is 2.16. The number of benzene rings is 1. The second-order valence-electron chi connectivity index (χ2n) is 12.2. The van der Waals surface area contributed by atoms with Gasteiger partial charge in [0.15, 0.2) is 11.6 Å². The van der Waals surface area contributed by atoms with Crippen LogP contribution < -0.4 is 20.0 Å². The lowest BCUT2D eigenvalue weighted by Gasteiger charge is -2.46. The highest BCUT2D eigenvalue weighted by Gasteiger charge is 2.42. The monoisotopic (exact) mass is 584 g/mol. The third-order valence-corrected chi connectivity index (χ3v) is 9.18. The normalized spacial score (nSPS) is 23.1. The van der Waals surface area contributed by atoms with Gasteiger partial charge in [0, 0.05) is 43.3 Å². The number of H-pyrrole nitrogens is 1. The molecule has 0 radical (unpaired) electrons. The van der Waals surface area contributed by atoms with Gasteiger partial charge >= 0.3 is 0 Å². The first kappa shape index (κ1) is 27.5. The lowest BCUT2D eigenvalue weighted by Crippen LogP contribution is -2.55. The van der Waals surface area contributed by atoms with Crippen LogP contribution in [0.1, 0.15) is 39.5 Å². The van der Waals surface area contributed by atoms with Crippen molar-refractivity contribution in [2.24, 2.45) is 5.92 Å². The van der Waals surface area contributed by atoms with Crippen LogP contribution in [0.25, 0.3) is 10.9 Å². The maximum atomic E-state index is 14.7. The van der Waals surface area contributed by atoms with E-state index < -0.39 is 11.9 Å². The average Bonchev–Trinajstić information content (AvgIpc) is 3.49. The van der Waals surface area contributed by atoms with Crippen LogP contribution in [0, 0.1) is 11.7 Å². The van der Waals surface area contributed by atoms with Crippen LogP contribution in [0.15, 0.2) is 42.9 Å². The van der Waals surface area contributed by atoms with Gasteiger partial charge in [-0.15, -0.1) is 0 Å². The Bertz CT molecular complexity index is 1630. The molecule has 1 saturated heterocycles. The molecule has 3 aliphatic rings. The van der Waals surface area contributed by atoms with Crippen molar-refractivity contribution in [3.05, 3.63) is 48.7 Å². The Morgan fingerprint density at radius 3 is 2.51 bits per heavy atom. The van der Waals surface area contributed by atoms with Gasteiger partial charge in [0.1, 0.15) is 23.1 Å². The van der Waals surface area contributed by atoms with Crippen molar-refractivity contribution in [1.82, 2.24) is 30.0 Å². The molecule has 12 heteroatoms. The van der Waals surface area contributed by atoms with Gasteiger partial charge in [-0.05, 0) is 69.8 Å². The van der Waals surface area contributed by atoms with Gasteiger partial charge in [0.2, 0.25) is 5.95 Å². The van der Waals surface area contributed by atoms with Crippen molar-refractivity contribution in [2.45, 2.75) is 51.6 Å². The highest BCUT2D eigenvalue weighted by Crippen LogP contribution is 2.43. The Balaban J connectivity index is 1.24. The summed E-state index contributed by atoms with van der Waals surface area (Å²) in [5, 5.41) is 10.5. The summed E-state index contributed by atoms with van der Waals surface area (Å²) in [5.41, 5.74) is 2.18. The molecule has 2 fully saturated rings. The maximum absolute atomic E-state index is 14.7. The van der Waals surface area contributed by atoms with E-state index in [2.05, 4.69) is 49.2 Å². The topological polar surface area (TPSA) is 109 Å². The molecule has 11 nitrogen and oxygen atoms in total. The number of fused-ring (bicyclic) bond motifs is 2. The van der Waals surface area contributed by atoms with Gasteiger partial charge in [-0.25, -0.2) is 14.4 Å². The highest BCUT2D eigenvalue weighted by molar-refractivity contribution is 6.09. The fourth-order valence-corrected chi connectivity index (χ4v) is 6.61. The molecule has 1 atom stereocenters. The quantitative estimate of drug-likeness (QED) is 0.341. The number of hydrogen-bond acceptors (Lipinski definition) is 9. The summed E-state index contributed by atoms with van der Waals surface area (Å²) in [6.07, 6.45) is 9.25. The SMILES string of the molecule is C[C@@H]1C(=O)N(c2ccc(N3CCN(C)CC3)nc2)c2cnc(Nc3cc(F)c4[nH]ncc4c3)nc2N1[C@H]1CC[C@H](C)CC1. The Labute approximate surface area is 250 Å². The first-order chi connectivity index (χ1) is 20.9. The Hall–Kier alpha value is -4.32. The minimum absolute atomic E-state index is 0.0305. The third kappa shape index (κ3) is 5.13. The predicted octanol–water partition coefficient (Wildman–Crippen LogP) is 4.83. The van der Waals surface area contributed by atoms with Crippen molar-refractivity contribution in [3.63, 3.8) is 0 Å². The summed E-state index contributed by atoms with van der Waals surface area (Å²) in [6, 6.07) is 6.92. The van der Waals surface area contributed by atoms with E-state index >= 15 is 0 Å². The van der Waals surface area contributed by atoms with Crippen LogP contribution in [0.3, 0.4) is 0 Å². The van der Waals surface area contributed by atoms with Crippen LogP contribution in [0.5, 0.6) is 0 Å². The van der Waals surface area contributed by atoms with E-state index in [4.69, 9.17) is 9.97 Å². The summed E-state index contributed by atoms with van der Waals surface area (Å²) in [7, 11) is 2.13. The number of aromatic amines is 1. The smallest absolute Gasteiger partial charge is 0.254 e. The molecule has 2 N–H and O–H groups in total. The molecule has 224 valence electrons. The van der Waals surface area contributed by atoms with E-state index in [1.165, 1.54) is 6.07 Å². The van der Waals surface area contributed by atoms with Crippen molar-refractivity contribution in [3.8, 4) is 0 Å². The number of anilines is 6. The lowest BCUT2D eigenvalue weighted by molar-refractivity contribution is -0.119.